The smallest absolute Gasteiger partial charge is 0.215 e. The lowest BCUT2D eigenvalue weighted by molar-refractivity contribution is 0.103. The van der Waals surface area contributed by atoms with Crippen LogP contribution in [0.3, 0.4) is 0 Å². The Morgan fingerprint density at radius 1 is 0.960 bits per heavy atom. The van der Waals surface area contributed by atoms with Crippen molar-refractivity contribution in [3.63, 3.8) is 0 Å². The number of rotatable bonds is 11. The van der Waals surface area contributed by atoms with Gasteiger partial charge >= 0.3 is 0 Å². The van der Waals surface area contributed by atoms with Gasteiger partial charge in [-0.15, -0.1) is 0 Å². The van der Waals surface area contributed by atoms with Crippen molar-refractivity contribution < 1.29 is 13.6 Å². The van der Waals surface area contributed by atoms with E-state index < -0.39 is 0 Å². The minimum Gasteiger partial charge on any atom is -0.494 e. The number of carbonyl (C=O) groups excluding carboxylic acids is 1. The van der Waals surface area contributed by atoms with Crippen LogP contribution < -0.4 is 4.74 Å². The van der Waals surface area contributed by atoms with Crippen LogP contribution in [-0.4, -0.2) is 31.9 Å². The van der Waals surface area contributed by atoms with Crippen LogP contribution in [0.5, 0.6) is 5.75 Å². The Labute approximate surface area is 155 Å². The molecule has 0 atom stereocenters. The number of ether oxygens (including phenoxy) is 1. The predicted molar refractivity (Wildman–Crippen MR) is 103 cm³/mol. The molecule has 0 N–H and O–H groups in total. The highest BCUT2D eigenvalue weighted by atomic mass is 28.3. The topological polar surface area (TPSA) is 35.5 Å². The fourth-order valence-corrected chi connectivity index (χ4v) is 3.88. The highest BCUT2D eigenvalue weighted by Crippen LogP contribution is 2.16. The Hall–Kier alpha value is -1.70. The van der Waals surface area contributed by atoms with Gasteiger partial charge < -0.3 is 8.85 Å². The van der Waals surface area contributed by atoms with Gasteiger partial charge in [-0.2, -0.15) is 0 Å². The molecule has 0 unspecified atom stereocenters. The van der Waals surface area contributed by atoms with Crippen LogP contribution in [0.4, 0.5) is 0 Å². The summed E-state index contributed by atoms with van der Waals surface area (Å²) in [6.45, 7) is 5.10. The monoisotopic (exact) mass is 368 g/mol. The highest BCUT2D eigenvalue weighted by molar-refractivity contribution is 6.42. The molecule has 5 heteroatoms. The molecule has 0 aliphatic rings. The molecule has 0 aromatic heterocycles. The van der Waals surface area contributed by atoms with Crippen LogP contribution in [-0.2, 0) is 4.12 Å². The molecule has 0 spiro atoms. The molecule has 4 radical (unpaired) electrons. The third kappa shape index (κ3) is 7.38. The Morgan fingerprint density at radius 3 is 2.32 bits per heavy atom. The average Bonchev–Trinajstić information content (AvgIpc) is 2.64. The minimum absolute atomic E-state index is 0.0349. The molecule has 2 rings (SSSR count). The number of ketones is 1. The number of hydrogen-bond acceptors (Lipinski definition) is 3. The normalized spacial score (nSPS) is 10.8. The molecular weight excluding hydrogens is 344 g/mol. The van der Waals surface area contributed by atoms with Crippen molar-refractivity contribution in [3.05, 3.63) is 65.7 Å². The van der Waals surface area contributed by atoms with Crippen molar-refractivity contribution in [2.45, 2.75) is 32.4 Å². The lowest BCUT2D eigenvalue weighted by Gasteiger charge is -2.07. The zero-order valence-corrected chi connectivity index (χ0v) is 16.8. The minimum atomic E-state index is 0.0349. The largest absolute Gasteiger partial charge is 0.494 e. The molecule has 0 amide bonds. The molecule has 0 saturated carbocycles. The van der Waals surface area contributed by atoms with E-state index in [1.54, 1.807) is 0 Å². The van der Waals surface area contributed by atoms with Gasteiger partial charge in [0.1, 0.15) is 5.75 Å². The Balaban J connectivity index is 1.66. The second-order valence-electron chi connectivity index (χ2n) is 6.16. The molecule has 130 valence electrons. The first kappa shape index (κ1) is 19.6. The van der Waals surface area contributed by atoms with E-state index in [9.17, 15) is 4.79 Å². The van der Waals surface area contributed by atoms with Gasteiger partial charge in [0.15, 0.2) is 5.78 Å². The van der Waals surface area contributed by atoms with E-state index in [4.69, 9.17) is 8.85 Å². The summed E-state index contributed by atoms with van der Waals surface area (Å²) in [7, 11) is 1.19. The highest BCUT2D eigenvalue weighted by Gasteiger charge is 2.08. The second-order valence-corrected chi connectivity index (χ2v) is 8.46. The lowest BCUT2D eigenvalue weighted by Crippen LogP contribution is -2.07. The van der Waals surface area contributed by atoms with Crippen molar-refractivity contribution in [1.82, 2.24) is 0 Å². The van der Waals surface area contributed by atoms with Crippen molar-refractivity contribution in [1.29, 1.82) is 0 Å². The third-order valence-corrected chi connectivity index (χ3v) is 6.18. The van der Waals surface area contributed by atoms with Crippen LogP contribution >= 0.6 is 0 Å². The van der Waals surface area contributed by atoms with E-state index in [1.165, 1.54) is 0 Å². The van der Waals surface area contributed by atoms with E-state index in [-0.39, 0.29) is 5.78 Å². The van der Waals surface area contributed by atoms with E-state index in [1.807, 2.05) is 54.6 Å². The fraction of sp³-hybridized carbons (Fsp3) is 0.350. The molecule has 0 fully saturated rings. The summed E-state index contributed by atoms with van der Waals surface area (Å²) < 4.78 is 11.4. The van der Waals surface area contributed by atoms with Gasteiger partial charge in [-0.25, -0.2) is 0 Å². The van der Waals surface area contributed by atoms with E-state index >= 15 is 0 Å². The maximum Gasteiger partial charge on any atom is 0.215 e. The predicted octanol–water partition coefficient (Wildman–Crippen LogP) is 4.43. The third-order valence-electron chi connectivity index (χ3n) is 3.48. The zero-order chi connectivity index (χ0) is 17.9. The number of benzene rings is 2. The summed E-state index contributed by atoms with van der Waals surface area (Å²) in [4.78, 5) is 12.3. The summed E-state index contributed by atoms with van der Waals surface area (Å²) in [6, 6.07) is 18.9. The zero-order valence-electron chi connectivity index (χ0n) is 14.8. The summed E-state index contributed by atoms with van der Waals surface area (Å²) in [6.07, 6.45) is 0.981. The Morgan fingerprint density at radius 2 is 1.64 bits per heavy atom. The maximum atomic E-state index is 12.3. The summed E-state index contributed by atoms with van der Waals surface area (Å²) in [5.41, 5.74) is 1.38. The molecular formula is C20H24O3Si2. The molecule has 0 aliphatic heterocycles. The summed E-state index contributed by atoms with van der Waals surface area (Å²) in [5.74, 6) is 1.55. The van der Waals surface area contributed by atoms with Crippen molar-refractivity contribution >= 4 is 25.3 Å². The molecule has 25 heavy (non-hydrogen) atoms. The van der Waals surface area contributed by atoms with Crippen LogP contribution in [0.15, 0.2) is 54.6 Å². The summed E-state index contributed by atoms with van der Waals surface area (Å²) >= 11 is 0. The van der Waals surface area contributed by atoms with Gasteiger partial charge in [0, 0.05) is 11.1 Å². The van der Waals surface area contributed by atoms with Gasteiger partial charge in [-0.1, -0.05) is 44.2 Å². The quantitative estimate of drug-likeness (QED) is 0.334. The van der Waals surface area contributed by atoms with Crippen molar-refractivity contribution in [3.8, 4) is 5.75 Å². The first-order chi connectivity index (χ1) is 12.2. The van der Waals surface area contributed by atoms with Gasteiger partial charge in [-0.05, 0) is 48.7 Å². The molecule has 2 aromatic carbocycles. The van der Waals surface area contributed by atoms with Gasteiger partial charge in [0.25, 0.3) is 0 Å². The van der Waals surface area contributed by atoms with Crippen LogP contribution in [0.1, 0.15) is 36.2 Å². The number of hydrogen-bond donors (Lipinski definition) is 0. The lowest BCUT2D eigenvalue weighted by atomic mass is 10.0. The van der Waals surface area contributed by atoms with Crippen LogP contribution in [0.2, 0.25) is 12.1 Å². The van der Waals surface area contributed by atoms with Crippen LogP contribution in [0.25, 0.3) is 0 Å². The number of carbonyl (C=O) groups is 1. The molecule has 3 nitrogen and oxygen atoms in total. The van der Waals surface area contributed by atoms with Gasteiger partial charge in [-0.3, -0.25) is 4.79 Å². The SMILES string of the molecule is CC(C)C[Si]O[Si]CCCOc1ccc(C(=O)c2ccccc2)cc1. The first-order valence-corrected chi connectivity index (χ1v) is 10.8. The van der Waals surface area contributed by atoms with E-state index in [0.717, 1.165) is 24.3 Å². The van der Waals surface area contributed by atoms with Crippen molar-refractivity contribution in [2.75, 3.05) is 6.61 Å². The van der Waals surface area contributed by atoms with E-state index in [0.29, 0.717) is 43.2 Å². The van der Waals surface area contributed by atoms with Crippen LogP contribution in [0, 0.1) is 5.92 Å². The molecule has 0 aliphatic carbocycles. The molecule has 0 heterocycles. The first-order valence-electron chi connectivity index (χ1n) is 8.61. The Bertz CT molecular complexity index is 627. The summed E-state index contributed by atoms with van der Waals surface area (Å²) in [5, 5.41) is 0. The molecule has 2 aromatic rings. The van der Waals surface area contributed by atoms with Crippen molar-refractivity contribution in [2.24, 2.45) is 5.92 Å². The Kier molecular flexibility index (Phi) is 8.65. The maximum absolute atomic E-state index is 12.3. The molecule has 0 saturated heterocycles. The van der Waals surface area contributed by atoms with Gasteiger partial charge in [0.2, 0.25) is 19.5 Å². The fourth-order valence-electron chi connectivity index (χ4n) is 2.10. The van der Waals surface area contributed by atoms with Gasteiger partial charge in [0.05, 0.1) is 6.61 Å². The van der Waals surface area contributed by atoms with E-state index in [2.05, 4.69) is 13.8 Å². The molecule has 0 bridgehead atoms. The second kappa shape index (κ2) is 11.0. The average molecular weight is 369 g/mol. The standard InChI is InChI=1S/C20H24O3Si2/c1-16(2)15-25-23-24-14-6-13-22-19-11-9-18(10-12-19)20(21)17-7-4-3-5-8-17/h3-5,7-12,16H,6,13-15H2,1-2H3.